The number of carboxylic acids is 1. The maximum atomic E-state index is 11.6. The third-order valence-corrected chi connectivity index (χ3v) is 4.92. The Kier molecular flexibility index (Phi) is 5.41. The first kappa shape index (κ1) is 15.7. The number of ether oxygens (including phenoxy) is 1. The van der Waals surface area contributed by atoms with Gasteiger partial charge >= 0.3 is 5.97 Å². The molecule has 2 heterocycles. The smallest absolute Gasteiger partial charge is 0.310 e. The number of morpholine rings is 1. The van der Waals surface area contributed by atoms with E-state index in [-0.39, 0.29) is 6.10 Å². The number of likely N-dealkylation sites (N-methyl/N-ethyl adjacent to an activating group) is 1. The number of hydrogen-bond donors (Lipinski definition) is 1. The zero-order chi connectivity index (χ0) is 14.6. The van der Waals surface area contributed by atoms with Gasteiger partial charge in [0.2, 0.25) is 0 Å². The summed E-state index contributed by atoms with van der Waals surface area (Å²) in [6, 6.07) is 0. The van der Waals surface area contributed by atoms with Crippen molar-refractivity contribution in [3.8, 4) is 0 Å². The van der Waals surface area contributed by atoms with Gasteiger partial charge in [0.25, 0.3) is 0 Å². The second kappa shape index (κ2) is 6.87. The number of piperidine rings is 1. The molecular weight excluding hydrogens is 256 g/mol. The van der Waals surface area contributed by atoms with Crippen molar-refractivity contribution in [3.05, 3.63) is 0 Å². The molecule has 0 aliphatic carbocycles. The highest BCUT2D eigenvalue weighted by molar-refractivity contribution is 5.75. The average Bonchev–Trinajstić information content (AvgIpc) is 2.47. The monoisotopic (exact) mass is 284 g/mol. The molecule has 2 fully saturated rings. The van der Waals surface area contributed by atoms with Crippen molar-refractivity contribution < 1.29 is 14.6 Å². The Morgan fingerprint density at radius 3 is 2.80 bits per heavy atom. The normalized spacial score (nSPS) is 33.2. The van der Waals surface area contributed by atoms with Crippen molar-refractivity contribution in [1.82, 2.24) is 9.80 Å². The summed E-state index contributed by atoms with van der Waals surface area (Å²) in [5, 5.41) is 9.53. The van der Waals surface area contributed by atoms with E-state index >= 15 is 0 Å². The molecule has 2 rings (SSSR count). The maximum absolute atomic E-state index is 11.6. The Morgan fingerprint density at radius 1 is 1.35 bits per heavy atom. The summed E-state index contributed by atoms with van der Waals surface area (Å²) in [5.41, 5.74) is -0.544. The molecule has 2 aliphatic rings. The minimum Gasteiger partial charge on any atom is -0.481 e. The molecule has 2 unspecified atom stereocenters. The minimum absolute atomic E-state index is 0.227. The Bertz CT molecular complexity index is 337. The van der Waals surface area contributed by atoms with Crippen LogP contribution >= 0.6 is 0 Å². The fourth-order valence-electron chi connectivity index (χ4n) is 3.46. The molecule has 0 radical (unpaired) electrons. The predicted molar refractivity (Wildman–Crippen MR) is 77.9 cm³/mol. The summed E-state index contributed by atoms with van der Waals surface area (Å²) in [6.07, 6.45) is 2.72. The molecule has 1 N–H and O–H groups in total. The van der Waals surface area contributed by atoms with Crippen LogP contribution in [0.1, 0.15) is 33.1 Å². The van der Waals surface area contributed by atoms with Gasteiger partial charge in [0, 0.05) is 26.2 Å². The van der Waals surface area contributed by atoms with Crippen LogP contribution in [-0.4, -0.2) is 72.9 Å². The number of likely N-dealkylation sites (tertiary alicyclic amines) is 1. The van der Waals surface area contributed by atoms with Crippen LogP contribution in [-0.2, 0) is 9.53 Å². The van der Waals surface area contributed by atoms with E-state index in [1.807, 2.05) is 6.92 Å². The maximum Gasteiger partial charge on any atom is 0.310 e. The Hall–Kier alpha value is -0.650. The molecule has 20 heavy (non-hydrogen) atoms. The Labute approximate surface area is 121 Å². The molecule has 2 saturated heterocycles. The van der Waals surface area contributed by atoms with E-state index in [2.05, 4.69) is 16.7 Å². The molecular formula is C15H28N2O3. The summed E-state index contributed by atoms with van der Waals surface area (Å²) >= 11 is 0. The summed E-state index contributed by atoms with van der Waals surface area (Å²) < 4.78 is 5.84. The quantitative estimate of drug-likeness (QED) is 0.824. The highest BCUT2D eigenvalue weighted by Gasteiger charge is 2.41. The molecule has 5 nitrogen and oxygen atoms in total. The van der Waals surface area contributed by atoms with Gasteiger partial charge in [-0.25, -0.2) is 0 Å². The largest absolute Gasteiger partial charge is 0.481 e. The Balaban J connectivity index is 1.91. The number of rotatable bonds is 5. The van der Waals surface area contributed by atoms with E-state index in [0.29, 0.717) is 13.0 Å². The summed E-state index contributed by atoms with van der Waals surface area (Å²) in [6.45, 7) is 10.6. The first-order valence-corrected chi connectivity index (χ1v) is 7.89. The molecule has 2 atom stereocenters. The van der Waals surface area contributed by atoms with Crippen LogP contribution in [0, 0.1) is 5.41 Å². The zero-order valence-corrected chi connectivity index (χ0v) is 12.8. The molecule has 0 saturated carbocycles. The summed E-state index contributed by atoms with van der Waals surface area (Å²) in [4.78, 5) is 16.3. The number of hydrogen-bond acceptors (Lipinski definition) is 4. The van der Waals surface area contributed by atoms with E-state index in [9.17, 15) is 9.90 Å². The van der Waals surface area contributed by atoms with Gasteiger partial charge in [-0.3, -0.25) is 14.6 Å². The van der Waals surface area contributed by atoms with Crippen molar-refractivity contribution in [2.45, 2.75) is 39.2 Å². The van der Waals surface area contributed by atoms with Crippen molar-refractivity contribution in [2.24, 2.45) is 5.41 Å². The molecule has 2 aliphatic heterocycles. The van der Waals surface area contributed by atoms with Crippen LogP contribution in [0.15, 0.2) is 0 Å². The zero-order valence-electron chi connectivity index (χ0n) is 12.8. The lowest BCUT2D eigenvalue weighted by molar-refractivity contribution is -0.153. The van der Waals surface area contributed by atoms with Gasteiger partial charge in [-0.15, -0.1) is 0 Å². The van der Waals surface area contributed by atoms with E-state index in [1.54, 1.807) is 0 Å². The van der Waals surface area contributed by atoms with Crippen molar-refractivity contribution in [3.63, 3.8) is 0 Å². The minimum atomic E-state index is -0.635. The fourth-order valence-corrected chi connectivity index (χ4v) is 3.46. The number of carboxylic acid groups (broad SMARTS) is 1. The topological polar surface area (TPSA) is 53.0 Å². The van der Waals surface area contributed by atoms with Gasteiger partial charge in [-0.05, 0) is 32.4 Å². The lowest BCUT2D eigenvalue weighted by atomic mass is 9.77. The van der Waals surface area contributed by atoms with Crippen LogP contribution in [0.25, 0.3) is 0 Å². The standard InChI is InChI=1S/C15H28N2O3/c1-3-15(14(18)19)6-5-7-17(12-15)11-13-10-16(4-2)8-9-20-13/h13H,3-12H2,1-2H3,(H,18,19). The third-order valence-electron chi connectivity index (χ3n) is 4.92. The van der Waals surface area contributed by atoms with Gasteiger partial charge in [0.05, 0.1) is 18.1 Å². The van der Waals surface area contributed by atoms with Crippen LogP contribution in [0.4, 0.5) is 0 Å². The van der Waals surface area contributed by atoms with Gasteiger partial charge in [-0.1, -0.05) is 13.8 Å². The summed E-state index contributed by atoms with van der Waals surface area (Å²) in [5.74, 6) is -0.635. The number of nitrogens with zero attached hydrogens (tertiary/aromatic N) is 2. The third kappa shape index (κ3) is 3.51. The van der Waals surface area contributed by atoms with Gasteiger partial charge in [0.1, 0.15) is 0 Å². The molecule has 0 bridgehead atoms. The Morgan fingerprint density at radius 2 is 2.15 bits per heavy atom. The van der Waals surface area contributed by atoms with Crippen LogP contribution in [0.5, 0.6) is 0 Å². The van der Waals surface area contributed by atoms with Crippen molar-refractivity contribution in [2.75, 3.05) is 45.9 Å². The number of carbonyl (C=O) groups is 1. The predicted octanol–water partition coefficient (Wildman–Crippen LogP) is 1.28. The second-order valence-electron chi connectivity index (χ2n) is 6.16. The highest BCUT2D eigenvalue weighted by Crippen LogP contribution is 2.33. The lowest BCUT2D eigenvalue weighted by Crippen LogP contribution is -2.52. The molecule has 0 aromatic rings. The van der Waals surface area contributed by atoms with E-state index in [1.165, 1.54) is 0 Å². The van der Waals surface area contributed by atoms with E-state index < -0.39 is 11.4 Å². The van der Waals surface area contributed by atoms with Crippen LogP contribution in [0.2, 0.25) is 0 Å². The summed E-state index contributed by atoms with van der Waals surface area (Å²) in [7, 11) is 0. The van der Waals surface area contributed by atoms with E-state index in [0.717, 1.165) is 52.2 Å². The van der Waals surface area contributed by atoms with Gasteiger partial charge in [-0.2, -0.15) is 0 Å². The fraction of sp³-hybridized carbons (Fsp3) is 0.933. The molecule has 116 valence electrons. The number of aliphatic carboxylic acids is 1. The van der Waals surface area contributed by atoms with Crippen molar-refractivity contribution in [1.29, 1.82) is 0 Å². The van der Waals surface area contributed by atoms with Crippen molar-refractivity contribution >= 4 is 5.97 Å². The van der Waals surface area contributed by atoms with Crippen LogP contribution < -0.4 is 0 Å². The van der Waals surface area contributed by atoms with Gasteiger partial charge in [0.15, 0.2) is 0 Å². The van der Waals surface area contributed by atoms with Gasteiger partial charge < -0.3 is 9.84 Å². The lowest BCUT2D eigenvalue weighted by Gasteiger charge is -2.42. The first-order valence-electron chi connectivity index (χ1n) is 7.89. The molecule has 0 amide bonds. The molecule has 0 spiro atoms. The SMILES string of the molecule is CCN1CCOC(CN2CCCC(CC)(C(=O)O)C2)C1. The molecule has 0 aromatic carbocycles. The molecule has 5 heteroatoms. The second-order valence-corrected chi connectivity index (χ2v) is 6.16. The highest BCUT2D eigenvalue weighted by atomic mass is 16.5. The van der Waals surface area contributed by atoms with Crippen LogP contribution in [0.3, 0.4) is 0 Å². The average molecular weight is 284 g/mol. The first-order chi connectivity index (χ1) is 9.59. The molecule has 0 aromatic heterocycles. The van der Waals surface area contributed by atoms with E-state index in [4.69, 9.17) is 4.74 Å².